The molecule has 0 aromatic heterocycles. The lowest BCUT2D eigenvalue weighted by atomic mass is 9.86. The molecular formula is C21H32N2O3. The number of hydrogen-bond acceptors (Lipinski definition) is 4. The molecule has 1 amide bonds. The van der Waals surface area contributed by atoms with Crippen LogP contribution in [0.25, 0.3) is 0 Å². The van der Waals surface area contributed by atoms with E-state index in [0.717, 1.165) is 25.0 Å². The summed E-state index contributed by atoms with van der Waals surface area (Å²) in [6.45, 7) is 5.70. The predicted molar refractivity (Wildman–Crippen MR) is 103 cm³/mol. The lowest BCUT2D eigenvalue weighted by molar-refractivity contribution is -0.153. The molecule has 1 saturated heterocycles. The Morgan fingerprint density at radius 1 is 1.35 bits per heavy atom. The average molecular weight is 360 g/mol. The van der Waals surface area contributed by atoms with E-state index in [1.54, 1.807) is 0 Å². The van der Waals surface area contributed by atoms with Crippen LogP contribution in [0.3, 0.4) is 0 Å². The number of hydrogen-bond donors (Lipinski definition) is 0. The average Bonchev–Trinajstić information content (AvgIpc) is 2.65. The van der Waals surface area contributed by atoms with Crippen LogP contribution in [0.2, 0.25) is 0 Å². The smallest absolute Gasteiger partial charge is 0.260 e. The summed E-state index contributed by atoms with van der Waals surface area (Å²) in [7, 11) is 4.24. The number of rotatable bonds is 5. The van der Waals surface area contributed by atoms with E-state index in [9.17, 15) is 4.79 Å². The van der Waals surface area contributed by atoms with E-state index in [0.29, 0.717) is 25.1 Å². The van der Waals surface area contributed by atoms with E-state index in [4.69, 9.17) is 9.47 Å². The van der Waals surface area contributed by atoms with Crippen molar-refractivity contribution in [3.63, 3.8) is 0 Å². The molecule has 3 unspecified atom stereocenters. The van der Waals surface area contributed by atoms with Crippen LogP contribution in [0.1, 0.15) is 44.6 Å². The molecule has 1 aromatic rings. The summed E-state index contributed by atoms with van der Waals surface area (Å²) in [5.74, 6) is 1.29. The quantitative estimate of drug-likeness (QED) is 0.810. The maximum atomic E-state index is 12.8. The highest BCUT2D eigenvalue weighted by atomic mass is 16.5. The van der Waals surface area contributed by atoms with Crippen LogP contribution < -0.4 is 4.74 Å². The van der Waals surface area contributed by atoms with Crippen LogP contribution >= 0.6 is 0 Å². The fourth-order valence-corrected chi connectivity index (χ4v) is 4.07. The fourth-order valence-electron chi connectivity index (χ4n) is 4.07. The third-order valence-corrected chi connectivity index (χ3v) is 5.73. The molecule has 0 N–H and O–H groups in total. The standard InChI is InChI=1S/C21H32N2O3/c1-15(2)16-6-5-7-18(12-16)26-14-21(24)23-10-11-25-20-13-17(22(3)4)8-9-19(20)23/h5-7,12,15,17,19-20H,8-11,13-14H2,1-4H3. The van der Waals surface area contributed by atoms with Crippen molar-refractivity contribution in [3.05, 3.63) is 29.8 Å². The topological polar surface area (TPSA) is 42.0 Å². The molecule has 5 nitrogen and oxygen atoms in total. The monoisotopic (exact) mass is 360 g/mol. The van der Waals surface area contributed by atoms with Gasteiger partial charge in [-0.25, -0.2) is 0 Å². The Morgan fingerprint density at radius 3 is 2.88 bits per heavy atom. The highest BCUT2D eigenvalue weighted by molar-refractivity contribution is 5.78. The second-order valence-electron chi connectivity index (χ2n) is 8.01. The molecule has 5 heteroatoms. The summed E-state index contributed by atoms with van der Waals surface area (Å²) in [6.07, 6.45) is 3.26. The molecule has 2 aliphatic rings. The number of carbonyl (C=O) groups excluding carboxylic acids is 1. The van der Waals surface area contributed by atoms with Crippen LogP contribution in [0.15, 0.2) is 24.3 Å². The van der Waals surface area contributed by atoms with E-state index < -0.39 is 0 Å². The van der Waals surface area contributed by atoms with Crippen molar-refractivity contribution in [1.82, 2.24) is 9.80 Å². The Labute approximate surface area is 157 Å². The van der Waals surface area contributed by atoms with Crippen LogP contribution in [0.5, 0.6) is 5.75 Å². The van der Waals surface area contributed by atoms with Crippen molar-refractivity contribution in [2.45, 2.75) is 57.2 Å². The van der Waals surface area contributed by atoms with Crippen molar-refractivity contribution in [3.8, 4) is 5.75 Å². The van der Waals surface area contributed by atoms with E-state index in [1.165, 1.54) is 5.56 Å². The number of benzene rings is 1. The maximum Gasteiger partial charge on any atom is 0.260 e. The van der Waals surface area contributed by atoms with Gasteiger partial charge in [0.25, 0.3) is 5.91 Å². The molecule has 2 fully saturated rings. The summed E-state index contributed by atoms with van der Waals surface area (Å²) in [6, 6.07) is 8.77. The van der Waals surface area contributed by atoms with Gasteiger partial charge < -0.3 is 19.3 Å². The summed E-state index contributed by atoms with van der Waals surface area (Å²) >= 11 is 0. The van der Waals surface area contributed by atoms with Crippen molar-refractivity contribution < 1.29 is 14.3 Å². The molecule has 1 aromatic carbocycles. The molecule has 1 aliphatic carbocycles. The first kappa shape index (κ1) is 19.2. The zero-order chi connectivity index (χ0) is 18.7. The lowest BCUT2D eigenvalue weighted by Gasteiger charge is -2.46. The Bertz CT molecular complexity index is 617. The molecule has 0 bridgehead atoms. The molecular weight excluding hydrogens is 328 g/mol. The number of morpholine rings is 1. The second-order valence-corrected chi connectivity index (χ2v) is 8.01. The number of amides is 1. The van der Waals surface area contributed by atoms with Crippen LogP contribution in [0, 0.1) is 0 Å². The predicted octanol–water partition coefficient (Wildman–Crippen LogP) is 2.90. The van der Waals surface area contributed by atoms with Crippen molar-refractivity contribution in [1.29, 1.82) is 0 Å². The first-order valence-corrected chi connectivity index (χ1v) is 9.76. The van der Waals surface area contributed by atoms with Gasteiger partial charge in [0.2, 0.25) is 0 Å². The minimum Gasteiger partial charge on any atom is -0.484 e. The largest absolute Gasteiger partial charge is 0.484 e. The van der Waals surface area contributed by atoms with Crippen molar-refractivity contribution in [2.75, 3.05) is 33.9 Å². The van der Waals surface area contributed by atoms with Gasteiger partial charge in [-0.2, -0.15) is 0 Å². The minimum absolute atomic E-state index is 0.0709. The van der Waals surface area contributed by atoms with Gasteiger partial charge in [0, 0.05) is 12.6 Å². The summed E-state index contributed by atoms with van der Waals surface area (Å²) in [4.78, 5) is 17.1. The summed E-state index contributed by atoms with van der Waals surface area (Å²) < 4.78 is 11.8. The molecule has 0 spiro atoms. The number of fused-ring (bicyclic) bond motifs is 1. The van der Waals surface area contributed by atoms with E-state index in [-0.39, 0.29) is 24.7 Å². The maximum absolute atomic E-state index is 12.8. The highest BCUT2D eigenvalue weighted by Crippen LogP contribution is 2.30. The SMILES string of the molecule is CC(C)c1cccc(OCC(=O)N2CCOC3CC(N(C)C)CCC32)c1. The Hall–Kier alpha value is -1.59. The third kappa shape index (κ3) is 4.38. The van der Waals surface area contributed by atoms with Gasteiger partial charge in [0.15, 0.2) is 6.61 Å². The number of ether oxygens (including phenoxy) is 2. The first-order valence-electron chi connectivity index (χ1n) is 9.76. The summed E-state index contributed by atoms with van der Waals surface area (Å²) in [5, 5.41) is 0. The zero-order valence-electron chi connectivity index (χ0n) is 16.5. The molecule has 1 heterocycles. The van der Waals surface area contributed by atoms with Gasteiger partial charge in [-0.3, -0.25) is 4.79 Å². The van der Waals surface area contributed by atoms with Crippen LogP contribution in [-0.2, 0) is 9.53 Å². The normalized spacial score (nSPS) is 26.1. The zero-order valence-corrected chi connectivity index (χ0v) is 16.5. The van der Waals surface area contributed by atoms with Gasteiger partial charge >= 0.3 is 0 Å². The number of nitrogens with zero attached hydrogens (tertiary/aromatic N) is 2. The Balaban J connectivity index is 1.58. The van der Waals surface area contributed by atoms with E-state index in [2.05, 4.69) is 38.9 Å². The van der Waals surface area contributed by atoms with E-state index in [1.807, 2.05) is 23.1 Å². The molecule has 144 valence electrons. The fraction of sp³-hybridized carbons (Fsp3) is 0.667. The molecule has 1 saturated carbocycles. The van der Waals surface area contributed by atoms with Gasteiger partial charge in [0.05, 0.1) is 18.8 Å². The van der Waals surface area contributed by atoms with Crippen LogP contribution in [0.4, 0.5) is 0 Å². The molecule has 3 rings (SSSR count). The van der Waals surface area contributed by atoms with Crippen molar-refractivity contribution in [2.24, 2.45) is 0 Å². The first-order chi connectivity index (χ1) is 12.5. The van der Waals surface area contributed by atoms with E-state index >= 15 is 0 Å². The highest BCUT2D eigenvalue weighted by Gasteiger charge is 2.40. The molecule has 3 atom stereocenters. The third-order valence-electron chi connectivity index (χ3n) is 5.73. The molecule has 26 heavy (non-hydrogen) atoms. The Morgan fingerprint density at radius 2 is 2.15 bits per heavy atom. The van der Waals surface area contributed by atoms with Gasteiger partial charge in [-0.15, -0.1) is 0 Å². The minimum atomic E-state index is 0.0709. The van der Waals surface area contributed by atoms with Gasteiger partial charge in [0.1, 0.15) is 5.75 Å². The second kappa shape index (κ2) is 8.40. The summed E-state index contributed by atoms with van der Waals surface area (Å²) in [5.41, 5.74) is 1.23. The van der Waals surface area contributed by atoms with Crippen LogP contribution in [-0.4, -0.2) is 67.7 Å². The van der Waals surface area contributed by atoms with Gasteiger partial charge in [-0.1, -0.05) is 26.0 Å². The Kier molecular flexibility index (Phi) is 6.20. The van der Waals surface area contributed by atoms with Gasteiger partial charge in [-0.05, 0) is 57.0 Å². The number of carbonyl (C=O) groups is 1. The van der Waals surface area contributed by atoms with Crippen molar-refractivity contribution >= 4 is 5.91 Å². The molecule has 1 aliphatic heterocycles. The lowest BCUT2D eigenvalue weighted by Crippen LogP contribution is -2.58. The molecule has 0 radical (unpaired) electrons.